The molecule has 1 aromatic carbocycles. The molecule has 2 aromatic rings. The van der Waals surface area contributed by atoms with E-state index < -0.39 is 23.9 Å². The fraction of sp³-hybridized carbons (Fsp3) is 0.500. The number of fused-ring (bicyclic) bond motifs is 1. The van der Waals surface area contributed by atoms with Crippen molar-refractivity contribution >= 4 is 28.8 Å². The Bertz CT molecular complexity index is 1070. The average Bonchev–Trinajstić information content (AvgIpc) is 3.35. The molecule has 10 nitrogen and oxygen atoms in total. The topological polar surface area (TPSA) is 149 Å². The summed E-state index contributed by atoms with van der Waals surface area (Å²) < 4.78 is 5.29. The van der Waals surface area contributed by atoms with Gasteiger partial charge in [-0.05, 0) is 37.3 Å². The third-order valence-electron chi connectivity index (χ3n) is 5.96. The second-order valence-corrected chi connectivity index (χ2v) is 8.35. The Morgan fingerprint density at radius 3 is 2.75 bits per heavy atom. The van der Waals surface area contributed by atoms with Crippen LogP contribution in [0.15, 0.2) is 18.2 Å². The van der Waals surface area contributed by atoms with E-state index in [9.17, 15) is 19.6 Å². The number of aromatic nitrogens is 2. The van der Waals surface area contributed by atoms with Gasteiger partial charge in [0.25, 0.3) is 5.91 Å². The summed E-state index contributed by atoms with van der Waals surface area (Å²) in [6.45, 7) is 0.582. The van der Waals surface area contributed by atoms with Gasteiger partial charge in [-0.2, -0.15) is 5.26 Å². The molecular formula is C22H26N6O4. The molecule has 2 aliphatic rings. The molecule has 168 valence electrons. The number of benzene rings is 1. The number of aromatic amines is 1. The largest absolute Gasteiger partial charge is 0.494 e. The third-order valence-corrected chi connectivity index (χ3v) is 5.96. The molecule has 0 spiro atoms. The van der Waals surface area contributed by atoms with Gasteiger partial charge in [0.2, 0.25) is 11.8 Å². The minimum atomic E-state index is -0.801. The Kier molecular flexibility index (Phi) is 6.25. The molecule has 3 amide bonds. The first kappa shape index (κ1) is 21.6. The SMILES string of the molecule is COc1cccc2nc(C(=O)NC(CC3CC3)C(=O)NC(C#N)CC3CCNC3=O)[nH]c12. The number of nitrogens with zero attached hydrogens (tertiary/aromatic N) is 2. The summed E-state index contributed by atoms with van der Waals surface area (Å²) in [5.41, 5.74) is 1.18. The minimum Gasteiger partial charge on any atom is -0.494 e. The Labute approximate surface area is 185 Å². The number of para-hydroxylation sites is 1. The van der Waals surface area contributed by atoms with Gasteiger partial charge in [0.15, 0.2) is 5.82 Å². The zero-order valence-electron chi connectivity index (χ0n) is 17.8. The van der Waals surface area contributed by atoms with Crippen LogP contribution in [0.2, 0.25) is 0 Å². The lowest BCUT2D eigenvalue weighted by Crippen LogP contribution is -2.50. The van der Waals surface area contributed by atoms with Crippen LogP contribution < -0.4 is 20.7 Å². The average molecular weight is 438 g/mol. The van der Waals surface area contributed by atoms with Gasteiger partial charge in [-0.15, -0.1) is 0 Å². The van der Waals surface area contributed by atoms with Crippen LogP contribution in [0, 0.1) is 23.2 Å². The number of carbonyl (C=O) groups is 3. The van der Waals surface area contributed by atoms with E-state index in [1.54, 1.807) is 18.2 Å². The van der Waals surface area contributed by atoms with Crippen LogP contribution >= 0.6 is 0 Å². The van der Waals surface area contributed by atoms with Crippen LogP contribution in [-0.4, -0.2) is 53.4 Å². The second-order valence-electron chi connectivity index (χ2n) is 8.35. The number of hydrogen-bond donors (Lipinski definition) is 4. The van der Waals surface area contributed by atoms with Crippen LogP contribution in [-0.2, 0) is 9.59 Å². The number of carbonyl (C=O) groups excluding carboxylic acids is 3. The van der Waals surface area contributed by atoms with Crippen molar-refractivity contribution in [3.05, 3.63) is 24.0 Å². The van der Waals surface area contributed by atoms with Crippen LogP contribution in [0.25, 0.3) is 11.0 Å². The van der Waals surface area contributed by atoms with Crippen molar-refractivity contribution < 1.29 is 19.1 Å². The van der Waals surface area contributed by atoms with E-state index in [4.69, 9.17) is 4.74 Å². The summed E-state index contributed by atoms with van der Waals surface area (Å²) in [6.07, 6.45) is 3.40. The lowest BCUT2D eigenvalue weighted by atomic mass is 9.98. The maximum absolute atomic E-state index is 12.9. The summed E-state index contributed by atoms with van der Waals surface area (Å²) in [6, 6.07) is 5.77. The summed E-state index contributed by atoms with van der Waals surface area (Å²) in [4.78, 5) is 44.9. The Balaban J connectivity index is 1.44. The van der Waals surface area contributed by atoms with E-state index in [0.29, 0.717) is 42.1 Å². The highest BCUT2D eigenvalue weighted by molar-refractivity contribution is 5.98. The van der Waals surface area contributed by atoms with Gasteiger partial charge in [-0.1, -0.05) is 18.9 Å². The quantitative estimate of drug-likeness (QED) is 0.459. The fourth-order valence-corrected chi connectivity index (χ4v) is 4.00. The zero-order valence-corrected chi connectivity index (χ0v) is 17.8. The van der Waals surface area contributed by atoms with E-state index in [1.165, 1.54) is 7.11 Å². The minimum absolute atomic E-state index is 0.0811. The van der Waals surface area contributed by atoms with Gasteiger partial charge < -0.3 is 25.7 Å². The Morgan fingerprint density at radius 1 is 1.28 bits per heavy atom. The number of ether oxygens (including phenoxy) is 1. The van der Waals surface area contributed by atoms with Gasteiger partial charge >= 0.3 is 0 Å². The molecule has 1 saturated heterocycles. The van der Waals surface area contributed by atoms with E-state index in [2.05, 4.69) is 32.0 Å². The molecule has 32 heavy (non-hydrogen) atoms. The van der Waals surface area contributed by atoms with Crippen LogP contribution in [0.4, 0.5) is 0 Å². The predicted octanol–water partition coefficient (Wildman–Crippen LogP) is 1.00. The summed E-state index contributed by atoms with van der Waals surface area (Å²) >= 11 is 0. The predicted molar refractivity (Wildman–Crippen MR) is 115 cm³/mol. The normalized spacial score (nSPS) is 19.6. The van der Waals surface area contributed by atoms with Gasteiger partial charge in [0, 0.05) is 12.5 Å². The second kappa shape index (κ2) is 9.26. The highest BCUT2D eigenvalue weighted by Crippen LogP contribution is 2.33. The molecule has 0 radical (unpaired) electrons. The van der Waals surface area contributed by atoms with Gasteiger partial charge in [0.05, 0.1) is 18.7 Å². The van der Waals surface area contributed by atoms with E-state index >= 15 is 0 Å². The number of hydrogen-bond acceptors (Lipinski definition) is 6. The number of methoxy groups -OCH3 is 1. The first-order chi connectivity index (χ1) is 15.5. The maximum atomic E-state index is 12.9. The maximum Gasteiger partial charge on any atom is 0.287 e. The van der Waals surface area contributed by atoms with Gasteiger partial charge in [-0.3, -0.25) is 14.4 Å². The number of imidazole rings is 1. The van der Waals surface area contributed by atoms with Crippen LogP contribution in [0.3, 0.4) is 0 Å². The number of nitrogens with one attached hydrogen (secondary N) is 4. The van der Waals surface area contributed by atoms with Crippen molar-refractivity contribution in [2.75, 3.05) is 13.7 Å². The molecule has 3 unspecified atom stereocenters. The van der Waals surface area contributed by atoms with Gasteiger partial charge in [-0.25, -0.2) is 4.98 Å². The van der Waals surface area contributed by atoms with E-state index in [-0.39, 0.29) is 24.1 Å². The lowest BCUT2D eigenvalue weighted by molar-refractivity contribution is -0.125. The molecule has 2 fully saturated rings. The monoisotopic (exact) mass is 438 g/mol. The number of amides is 3. The Hall–Kier alpha value is -3.61. The molecule has 4 N–H and O–H groups in total. The van der Waals surface area contributed by atoms with Crippen molar-refractivity contribution in [3.8, 4) is 11.8 Å². The number of rotatable bonds is 9. The molecule has 1 aromatic heterocycles. The van der Waals surface area contributed by atoms with Crippen molar-refractivity contribution in [2.45, 2.75) is 44.2 Å². The summed E-state index contributed by atoms with van der Waals surface area (Å²) in [5.74, 6) is -0.309. The van der Waals surface area contributed by atoms with Crippen molar-refractivity contribution in [1.82, 2.24) is 25.9 Å². The molecule has 1 aliphatic heterocycles. The van der Waals surface area contributed by atoms with Crippen molar-refractivity contribution in [1.29, 1.82) is 5.26 Å². The van der Waals surface area contributed by atoms with Crippen LogP contribution in [0.5, 0.6) is 5.75 Å². The summed E-state index contributed by atoms with van der Waals surface area (Å²) in [7, 11) is 1.53. The van der Waals surface area contributed by atoms with Crippen molar-refractivity contribution in [2.24, 2.45) is 11.8 Å². The molecular weight excluding hydrogens is 412 g/mol. The highest BCUT2D eigenvalue weighted by atomic mass is 16.5. The molecule has 4 rings (SSSR count). The molecule has 2 heterocycles. The molecule has 10 heteroatoms. The number of nitriles is 1. The zero-order chi connectivity index (χ0) is 22.7. The standard InChI is InChI=1S/C22H26N6O4/c1-32-17-4-2-3-15-18(17)28-19(26-15)22(31)27-16(9-12-5-6-12)21(30)25-14(11-23)10-13-7-8-24-20(13)29/h2-4,12-14,16H,5-10H2,1H3,(H,24,29)(H,25,30)(H,26,28)(H,27,31). The lowest BCUT2D eigenvalue weighted by Gasteiger charge is -2.21. The molecule has 1 aliphatic carbocycles. The first-order valence-corrected chi connectivity index (χ1v) is 10.8. The molecule has 0 bridgehead atoms. The Morgan fingerprint density at radius 2 is 2.09 bits per heavy atom. The van der Waals surface area contributed by atoms with E-state index in [1.807, 2.05) is 0 Å². The highest BCUT2D eigenvalue weighted by Gasteiger charge is 2.33. The van der Waals surface area contributed by atoms with Crippen LogP contribution in [0.1, 0.15) is 42.7 Å². The van der Waals surface area contributed by atoms with Crippen molar-refractivity contribution in [3.63, 3.8) is 0 Å². The fourth-order valence-electron chi connectivity index (χ4n) is 4.00. The number of H-pyrrole nitrogens is 1. The summed E-state index contributed by atoms with van der Waals surface area (Å²) in [5, 5.41) is 17.7. The third kappa shape index (κ3) is 4.82. The molecule has 3 atom stereocenters. The van der Waals surface area contributed by atoms with E-state index in [0.717, 1.165) is 12.8 Å². The van der Waals surface area contributed by atoms with Gasteiger partial charge in [0.1, 0.15) is 23.3 Å². The smallest absolute Gasteiger partial charge is 0.287 e. The molecule has 1 saturated carbocycles. The first-order valence-electron chi connectivity index (χ1n) is 10.8.